The highest BCUT2D eigenvalue weighted by molar-refractivity contribution is 5.75. The molecule has 0 aliphatic heterocycles. The van der Waals surface area contributed by atoms with Crippen molar-refractivity contribution in [2.24, 2.45) is 5.92 Å². The molecule has 1 aliphatic carbocycles. The number of carbonyl (C=O) groups is 1. The molecule has 3 nitrogen and oxygen atoms in total. The molecule has 1 rings (SSSR count). The molecule has 1 saturated carbocycles. The number of nitrogens with one attached hydrogen (secondary N) is 1. The smallest absolute Gasteiger partial charge is 0.222 e. The number of hydrogen-bond acceptors (Lipinski definition) is 2. The fraction of sp³-hybridized carbons (Fsp3) is 0.917. The van der Waals surface area contributed by atoms with Crippen molar-refractivity contribution in [3.63, 3.8) is 0 Å². The van der Waals surface area contributed by atoms with E-state index < -0.39 is 0 Å². The van der Waals surface area contributed by atoms with Gasteiger partial charge < -0.3 is 10.2 Å². The van der Waals surface area contributed by atoms with E-state index in [0.717, 1.165) is 25.4 Å². The monoisotopic (exact) mass is 212 g/mol. The highest BCUT2D eigenvalue weighted by atomic mass is 16.2. The van der Waals surface area contributed by atoms with Crippen molar-refractivity contribution < 1.29 is 4.79 Å². The molecule has 3 heteroatoms. The molecular formula is C12H24N2O. The third-order valence-electron chi connectivity index (χ3n) is 3.20. The van der Waals surface area contributed by atoms with Crippen LogP contribution in [0.25, 0.3) is 0 Å². The van der Waals surface area contributed by atoms with E-state index in [9.17, 15) is 4.79 Å². The lowest BCUT2D eigenvalue weighted by atomic mass is 9.83. The first-order valence-corrected chi connectivity index (χ1v) is 6.11. The first kappa shape index (κ1) is 12.5. The molecule has 0 radical (unpaired) electrons. The molecule has 0 aromatic carbocycles. The summed E-state index contributed by atoms with van der Waals surface area (Å²) >= 11 is 0. The van der Waals surface area contributed by atoms with Crippen molar-refractivity contribution in [1.82, 2.24) is 10.2 Å². The lowest BCUT2D eigenvalue weighted by Crippen LogP contribution is -2.25. The molecule has 1 N–H and O–H groups in total. The Labute approximate surface area is 93.2 Å². The maximum atomic E-state index is 11.2. The Morgan fingerprint density at radius 3 is 2.60 bits per heavy atom. The third kappa shape index (κ3) is 5.17. The molecule has 0 unspecified atom stereocenters. The summed E-state index contributed by atoms with van der Waals surface area (Å²) in [5, 5.41) is 3.41. The molecule has 0 aromatic heterocycles. The Hall–Kier alpha value is -0.570. The quantitative estimate of drug-likeness (QED) is 0.651. The van der Waals surface area contributed by atoms with E-state index in [-0.39, 0.29) is 5.91 Å². The first-order valence-electron chi connectivity index (χ1n) is 6.11. The van der Waals surface area contributed by atoms with Gasteiger partial charge in [0.25, 0.3) is 0 Å². The van der Waals surface area contributed by atoms with Crippen molar-refractivity contribution in [3.05, 3.63) is 0 Å². The molecule has 0 aromatic rings. The fourth-order valence-electron chi connectivity index (χ4n) is 1.80. The zero-order valence-corrected chi connectivity index (χ0v) is 10.1. The Kier molecular flexibility index (Phi) is 5.69. The van der Waals surface area contributed by atoms with Gasteiger partial charge in [-0.25, -0.2) is 0 Å². The molecule has 1 fully saturated rings. The van der Waals surface area contributed by atoms with Crippen molar-refractivity contribution >= 4 is 5.91 Å². The van der Waals surface area contributed by atoms with E-state index in [1.165, 1.54) is 25.7 Å². The predicted molar refractivity (Wildman–Crippen MR) is 62.8 cm³/mol. The van der Waals surface area contributed by atoms with Crippen LogP contribution >= 0.6 is 0 Å². The molecule has 0 saturated heterocycles. The second-order valence-corrected chi connectivity index (χ2v) is 4.73. The van der Waals surface area contributed by atoms with E-state index in [2.05, 4.69) is 5.32 Å². The number of amides is 1. The Bertz CT molecular complexity index is 188. The maximum Gasteiger partial charge on any atom is 0.222 e. The molecule has 0 heterocycles. The van der Waals surface area contributed by atoms with E-state index in [1.54, 1.807) is 4.90 Å². The summed E-state index contributed by atoms with van der Waals surface area (Å²) in [5.41, 5.74) is 0. The fourth-order valence-corrected chi connectivity index (χ4v) is 1.80. The van der Waals surface area contributed by atoms with Crippen LogP contribution in [0.5, 0.6) is 0 Å². The van der Waals surface area contributed by atoms with Gasteiger partial charge in [0.1, 0.15) is 0 Å². The molecule has 1 aliphatic rings. The first-order chi connectivity index (χ1) is 7.20. The summed E-state index contributed by atoms with van der Waals surface area (Å²) in [6, 6.07) is 0. The zero-order chi connectivity index (χ0) is 11.1. The minimum Gasteiger partial charge on any atom is -0.349 e. The van der Waals surface area contributed by atoms with Gasteiger partial charge in [0, 0.05) is 20.5 Å². The molecule has 0 spiro atoms. The van der Waals surface area contributed by atoms with Crippen LogP contribution in [0.15, 0.2) is 0 Å². The van der Waals surface area contributed by atoms with Crippen LogP contribution in [-0.2, 0) is 4.79 Å². The van der Waals surface area contributed by atoms with Crippen LogP contribution in [0.1, 0.15) is 38.5 Å². The lowest BCUT2D eigenvalue weighted by Gasteiger charge is -2.25. The van der Waals surface area contributed by atoms with E-state index >= 15 is 0 Å². The molecule has 0 atom stereocenters. The van der Waals surface area contributed by atoms with E-state index in [4.69, 9.17) is 0 Å². The summed E-state index contributed by atoms with van der Waals surface area (Å²) in [5.74, 6) is 1.22. The second kappa shape index (κ2) is 6.83. The number of nitrogens with zero attached hydrogens (tertiary/aromatic N) is 1. The topological polar surface area (TPSA) is 32.3 Å². The minimum absolute atomic E-state index is 0.232. The van der Waals surface area contributed by atoms with Gasteiger partial charge in [0.05, 0.1) is 0 Å². The van der Waals surface area contributed by atoms with Crippen LogP contribution in [0.3, 0.4) is 0 Å². The Morgan fingerprint density at radius 2 is 2.07 bits per heavy atom. The number of hydrogen-bond donors (Lipinski definition) is 1. The van der Waals surface area contributed by atoms with Crippen LogP contribution < -0.4 is 5.32 Å². The van der Waals surface area contributed by atoms with Gasteiger partial charge in [-0.2, -0.15) is 0 Å². The average Bonchev–Trinajstić information content (AvgIpc) is 2.13. The van der Waals surface area contributed by atoms with Gasteiger partial charge in [0.2, 0.25) is 5.91 Å². The van der Waals surface area contributed by atoms with Gasteiger partial charge in [-0.15, -0.1) is 0 Å². The molecular weight excluding hydrogens is 188 g/mol. The predicted octanol–water partition coefficient (Wildman–Crippen LogP) is 1.63. The lowest BCUT2D eigenvalue weighted by molar-refractivity contribution is -0.128. The highest BCUT2D eigenvalue weighted by Gasteiger charge is 2.15. The highest BCUT2D eigenvalue weighted by Crippen LogP contribution is 2.28. The van der Waals surface area contributed by atoms with E-state index in [0.29, 0.717) is 6.42 Å². The van der Waals surface area contributed by atoms with Crippen molar-refractivity contribution in [3.8, 4) is 0 Å². The second-order valence-electron chi connectivity index (χ2n) is 4.73. The maximum absolute atomic E-state index is 11.2. The van der Waals surface area contributed by atoms with Crippen LogP contribution in [0.4, 0.5) is 0 Å². The normalized spacial score (nSPS) is 16.1. The summed E-state index contributed by atoms with van der Waals surface area (Å²) in [6.07, 6.45) is 7.25. The molecule has 1 amide bonds. The van der Waals surface area contributed by atoms with Gasteiger partial charge in [-0.1, -0.05) is 19.3 Å². The molecule has 0 bridgehead atoms. The summed E-state index contributed by atoms with van der Waals surface area (Å²) in [4.78, 5) is 12.9. The van der Waals surface area contributed by atoms with Crippen molar-refractivity contribution in [1.29, 1.82) is 0 Å². The van der Waals surface area contributed by atoms with Crippen LogP contribution in [-0.4, -0.2) is 38.0 Å². The molecule has 15 heavy (non-hydrogen) atoms. The largest absolute Gasteiger partial charge is 0.349 e. The standard InChI is InChI=1S/C12H24N2O/c1-14(2)12(15)7-4-9-13-10-8-11-5-3-6-11/h11,13H,3-10H2,1-2H3. The average molecular weight is 212 g/mol. The third-order valence-corrected chi connectivity index (χ3v) is 3.20. The summed E-state index contributed by atoms with van der Waals surface area (Å²) < 4.78 is 0. The van der Waals surface area contributed by atoms with Gasteiger partial charge in [0.15, 0.2) is 0 Å². The van der Waals surface area contributed by atoms with Crippen molar-refractivity contribution in [2.45, 2.75) is 38.5 Å². The number of rotatable bonds is 7. The summed E-state index contributed by atoms with van der Waals surface area (Å²) in [6.45, 7) is 2.10. The Morgan fingerprint density at radius 1 is 1.33 bits per heavy atom. The minimum atomic E-state index is 0.232. The van der Waals surface area contributed by atoms with E-state index in [1.807, 2.05) is 14.1 Å². The van der Waals surface area contributed by atoms with Crippen molar-refractivity contribution in [2.75, 3.05) is 27.2 Å². The van der Waals surface area contributed by atoms with Gasteiger partial charge in [-0.05, 0) is 31.8 Å². The number of carbonyl (C=O) groups excluding carboxylic acids is 1. The summed E-state index contributed by atoms with van der Waals surface area (Å²) in [7, 11) is 3.62. The van der Waals surface area contributed by atoms with Gasteiger partial charge >= 0.3 is 0 Å². The van der Waals surface area contributed by atoms with Gasteiger partial charge in [-0.3, -0.25) is 4.79 Å². The van der Waals surface area contributed by atoms with Crippen LogP contribution in [0.2, 0.25) is 0 Å². The van der Waals surface area contributed by atoms with Crippen LogP contribution in [0, 0.1) is 5.92 Å². The molecule has 88 valence electrons. The SMILES string of the molecule is CN(C)C(=O)CCCNCCC1CCC1. The zero-order valence-electron chi connectivity index (χ0n) is 10.1. The Balaban J connectivity index is 1.82.